The van der Waals surface area contributed by atoms with Crippen molar-refractivity contribution < 1.29 is 14.6 Å². The highest BCUT2D eigenvalue weighted by Crippen LogP contribution is 2.68. The lowest BCUT2D eigenvalue weighted by Crippen LogP contribution is -2.37. The van der Waals surface area contributed by atoms with Crippen LogP contribution in [0.5, 0.6) is 0 Å². The number of rotatable bonds is 2. The number of aliphatic carboxylic acids is 1. The summed E-state index contributed by atoms with van der Waals surface area (Å²) in [7, 11) is 1.65. The van der Waals surface area contributed by atoms with Gasteiger partial charge in [0, 0.05) is 13.0 Å². The van der Waals surface area contributed by atoms with Crippen molar-refractivity contribution in [1.29, 1.82) is 0 Å². The lowest BCUT2D eigenvalue weighted by Gasteiger charge is -2.29. The molecule has 0 saturated heterocycles. The van der Waals surface area contributed by atoms with Crippen LogP contribution in [-0.4, -0.2) is 24.3 Å². The third-order valence-corrected chi connectivity index (χ3v) is 2.88. The molecule has 0 spiro atoms. The average molecular weight is 142 g/mol. The molecule has 3 nitrogen and oxygen atoms in total. The molecule has 0 unspecified atom stereocenters. The highest BCUT2D eigenvalue weighted by Gasteiger charge is 2.72. The molecule has 0 aliphatic heterocycles. The quantitative estimate of drug-likeness (QED) is 0.610. The minimum Gasteiger partial charge on any atom is -0.481 e. The monoisotopic (exact) mass is 142 g/mol. The van der Waals surface area contributed by atoms with E-state index in [1.807, 2.05) is 0 Å². The second-order valence-electron chi connectivity index (χ2n) is 3.25. The lowest BCUT2D eigenvalue weighted by atomic mass is 9.82. The van der Waals surface area contributed by atoms with Crippen molar-refractivity contribution in [2.24, 2.45) is 11.3 Å². The number of ether oxygens (including phenoxy) is 1. The Hall–Kier alpha value is -0.570. The van der Waals surface area contributed by atoms with Crippen LogP contribution in [0.2, 0.25) is 0 Å². The summed E-state index contributed by atoms with van der Waals surface area (Å²) in [4.78, 5) is 10.6. The molecule has 0 radical (unpaired) electrons. The van der Waals surface area contributed by atoms with Crippen LogP contribution in [0.3, 0.4) is 0 Å². The molecular formula is C7H10O3. The fourth-order valence-corrected chi connectivity index (χ4v) is 1.98. The number of carboxylic acid groups (broad SMARTS) is 1. The number of methoxy groups -OCH3 is 1. The maximum absolute atomic E-state index is 10.6. The molecule has 2 aliphatic rings. The molecule has 0 amide bonds. The molecule has 0 bridgehead atoms. The Morgan fingerprint density at radius 2 is 2.40 bits per heavy atom. The van der Waals surface area contributed by atoms with E-state index in [2.05, 4.69) is 0 Å². The van der Waals surface area contributed by atoms with E-state index in [0.29, 0.717) is 5.92 Å². The summed E-state index contributed by atoms with van der Waals surface area (Å²) in [5.74, 6) is -0.305. The Kier molecular flexibility index (Phi) is 0.944. The minimum atomic E-state index is -0.634. The standard InChI is InChI=1S/C7H10O3/c1-10-5-3-7(6(8)9)2-4(5)7/h4-5H,2-3H2,1H3,(H,8,9)/t4-,5-,7-/m0/s1. The Morgan fingerprint density at radius 3 is 2.70 bits per heavy atom. The van der Waals surface area contributed by atoms with E-state index in [-0.39, 0.29) is 11.5 Å². The van der Waals surface area contributed by atoms with Gasteiger partial charge in [-0.3, -0.25) is 4.79 Å². The van der Waals surface area contributed by atoms with Crippen molar-refractivity contribution in [1.82, 2.24) is 0 Å². The average Bonchev–Trinajstić information content (AvgIpc) is 2.40. The first-order valence-electron chi connectivity index (χ1n) is 3.47. The van der Waals surface area contributed by atoms with Gasteiger partial charge in [-0.1, -0.05) is 0 Å². The zero-order valence-corrected chi connectivity index (χ0v) is 5.83. The van der Waals surface area contributed by atoms with Crippen molar-refractivity contribution in [2.75, 3.05) is 7.11 Å². The molecule has 0 aromatic rings. The Labute approximate surface area is 59.0 Å². The van der Waals surface area contributed by atoms with Gasteiger partial charge in [0.05, 0.1) is 11.5 Å². The Morgan fingerprint density at radius 1 is 1.70 bits per heavy atom. The molecule has 0 heterocycles. The van der Waals surface area contributed by atoms with Gasteiger partial charge in [-0.05, 0) is 12.8 Å². The molecule has 1 N–H and O–H groups in total. The summed E-state index contributed by atoms with van der Waals surface area (Å²) in [5, 5.41) is 8.69. The zero-order chi connectivity index (χ0) is 7.35. The van der Waals surface area contributed by atoms with Crippen LogP contribution in [-0.2, 0) is 9.53 Å². The van der Waals surface area contributed by atoms with E-state index in [0.717, 1.165) is 12.8 Å². The van der Waals surface area contributed by atoms with Gasteiger partial charge in [-0.2, -0.15) is 0 Å². The molecule has 56 valence electrons. The minimum absolute atomic E-state index is 0.232. The summed E-state index contributed by atoms with van der Waals surface area (Å²) >= 11 is 0. The van der Waals surface area contributed by atoms with Crippen LogP contribution in [0.25, 0.3) is 0 Å². The summed E-state index contributed by atoms with van der Waals surface area (Å²) in [6.45, 7) is 0. The van der Waals surface area contributed by atoms with Crippen LogP contribution in [0.1, 0.15) is 12.8 Å². The first-order valence-corrected chi connectivity index (χ1v) is 3.47. The highest BCUT2D eigenvalue weighted by atomic mass is 16.5. The van der Waals surface area contributed by atoms with Gasteiger partial charge in [0.25, 0.3) is 0 Å². The van der Waals surface area contributed by atoms with Crippen LogP contribution in [0.4, 0.5) is 0 Å². The molecule has 2 rings (SSSR count). The van der Waals surface area contributed by atoms with Gasteiger partial charge in [-0.15, -0.1) is 0 Å². The maximum atomic E-state index is 10.6. The van der Waals surface area contributed by atoms with Crippen LogP contribution < -0.4 is 0 Å². The molecule has 10 heavy (non-hydrogen) atoms. The van der Waals surface area contributed by atoms with Gasteiger partial charge in [-0.25, -0.2) is 0 Å². The smallest absolute Gasteiger partial charge is 0.310 e. The largest absolute Gasteiger partial charge is 0.481 e. The summed E-state index contributed by atoms with van der Waals surface area (Å²) in [5.41, 5.74) is -0.347. The first kappa shape index (κ1) is 6.16. The normalized spacial score (nSPS) is 49.3. The van der Waals surface area contributed by atoms with Crippen LogP contribution in [0, 0.1) is 11.3 Å². The number of hydrogen-bond donors (Lipinski definition) is 1. The SMILES string of the molecule is CO[C@H]1C[C@@]2(C(=O)O)C[C@@H]12. The van der Waals surface area contributed by atoms with E-state index in [1.54, 1.807) is 7.11 Å². The van der Waals surface area contributed by atoms with E-state index in [1.165, 1.54) is 0 Å². The summed E-state index contributed by atoms with van der Waals surface area (Å²) in [6, 6.07) is 0. The number of carbonyl (C=O) groups is 1. The topological polar surface area (TPSA) is 46.5 Å². The van der Waals surface area contributed by atoms with Gasteiger partial charge in [0.15, 0.2) is 0 Å². The first-order chi connectivity index (χ1) is 4.70. The predicted molar refractivity (Wildman–Crippen MR) is 33.6 cm³/mol. The van der Waals surface area contributed by atoms with E-state index in [9.17, 15) is 4.79 Å². The molecule has 2 aliphatic carbocycles. The van der Waals surface area contributed by atoms with Crippen LogP contribution >= 0.6 is 0 Å². The fourth-order valence-electron chi connectivity index (χ4n) is 1.98. The second-order valence-corrected chi connectivity index (χ2v) is 3.25. The van der Waals surface area contributed by atoms with Crippen molar-refractivity contribution >= 4 is 5.97 Å². The molecule has 0 aromatic heterocycles. The van der Waals surface area contributed by atoms with Crippen molar-refractivity contribution in [3.8, 4) is 0 Å². The Bertz CT molecular complexity index is 189. The number of carboxylic acids is 1. The summed E-state index contributed by atoms with van der Waals surface area (Å²) < 4.78 is 5.05. The van der Waals surface area contributed by atoms with E-state index < -0.39 is 5.97 Å². The molecule has 2 saturated carbocycles. The third kappa shape index (κ3) is 0.475. The van der Waals surface area contributed by atoms with Gasteiger partial charge in [0.1, 0.15) is 0 Å². The van der Waals surface area contributed by atoms with Crippen molar-refractivity contribution in [3.63, 3.8) is 0 Å². The second kappa shape index (κ2) is 1.53. The molecular weight excluding hydrogens is 132 g/mol. The van der Waals surface area contributed by atoms with Gasteiger partial charge >= 0.3 is 5.97 Å². The maximum Gasteiger partial charge on any atom is 0.310 e. The molecule has 2 fully saturated rings. The predicted octanol–water partition coefficient (Wildman–Crippen LogP) is 0.496. The number of fused-ring (bicyclic) bond motifs is 1. The third-order valence-electron chi connectivity index (χ3n) is 2.88. The zero-order valence-electron chi connectivity index (χ0n) is 5.83. The molecule has 3 heteroatoms. The van der Waals surface area contributed by atoms with Crippen molar-refractivity contribution in [3.05, 3.63) is 0 Å². The van der Waals surface area contributed by atoms with Gasteiger partial charge in [0.2, 0.25) is 0 Å². The highest BCUT2D eigenvalue weighted by molar-refractivity contribution is 5.80. The van der Waals surface area contributed by atoms with Crippen LogP contribution in [0.15, 0.2) is 0 Å². The fraction of sp³-hybridized carbons (Fsp3) is 0.857. The van der Waals surface area contributed by atoms with Gasteiger partial charge < -0.3 is 9.84 Å². The Balaban J connectivity index is 2.01. The molecule has 0 aromatic carbocycles. The molecule has 3 atom stereocenters. The van der Waals surface area contributed by atoms with E-state index in [4.69, 9.17) is 9.84 Å². The lowest BCUT2D eigenvalue weighted by molar-refractivity contribution is -0.151. The number of hydrogen-bond acceptors (Lipinski definition) is 2. The van der Waals surface area contributed by atoms with E-state index >= 15 is 0 Å². The summed E-state index contributed by atoms with van der Waals surface area (Å²) in [6.07, 6.45) is 1.79. The van der Waals surface area contributed by atoms with Crippen molar-refractivity contribution in [2.45, 2.75) is 18.9 Å².